The van der Waals surface area contributed by atoms with Gasteiger partial charge in [0, 0.05) is 18.2 Å². The van der Waals surface area contributed by atoms with Crippen molar-refractivity contribution in [3.63, 3.8) is 0 Å². The van der Waals surface area contributed by atoms with Gasteiger partial charge in [0.1, 0.15) is 10.8 Å². The molecule has 0 spiro atoms. The van der Waals surface area contributed by atoms with Gasteiger partial charge >= 0.3 is 0 Å². The molecule has 158 valence electrons. The number of fused-ring (bicyclic) bond motifs is 3. The second-order valence-corrected chi connectivity index (χ2v) is 8.92. The maximum Gasteiger partial charge on any atom is 0.197 e. The summed E-state index contributed by atoms with van der Waals surface area (Å²) in [5.74, 6) is 0.290. The summed E-state index contributed by atoms with van der Waals surface area (Å²) < 4.78 is 1.91. The Morgan fingerprint density at radius 2 is 1.45 bits per heavy atom. The summed E-state index contributed by atoms with van der Waals surface area (Å²) in [6.07, 6.45) is 5.56. The molecule has 0 fully saturated rings. The fraction of sp³-hybridized carbons (Fsp3) is 0.0370. The quantitative estimate of drug-likeness (QED) is 0.258. The lowest BCUT2D eigenvalue weighted by Crippen LogP contribution is -2.00. The van der Waals surface area contributed by atoms with Gasteiger partial charge in [-0.2, -0.15) is 0 Å². The number of thiazole rings is 1. The van der Waals surface area contributed by atoms with E-state index in [9.17, 15) is 9.59 Å². The van der Waals surface area contributed by atoms with Gasteiger partial charge in [0.15, 0.2) is 22.0 Å². The first-order valence-corrected chi connectivity index (χ1v) is 11.3. The van der Waals surface area contributed by atoms with Crippen LogP contribution < -0.4 is 0 Å². The summed E-state index contributed by atoms with van der Waals surface area (Å²) in [7, 11) is 1.91. The molecule has 0 aliphatic heterocycles. The Morgan fingerprint density at radius 1 is 0.818 bits per heavy atom. The zero-order valence-electron chi connectivity index (χ0n) is 17.6. The minimum absolute atomic E-state index is 0.156. The highest BCUT2D eigenvalue weighted by Gasteiger charge is 2.33. The average molecular weight is 448 g/mol. The van der Waals surface area contributed by atoms with E-state index in [0.717, 1.165) is 32.6 Å². The Hall–Kier alpha value is -4.16. The Morgan fingerprint density at radius 3 is 2.09 bits per heavy atom. The van der Waals surface area contributed by atoms with Crippen molar-refractivity contribution in [2.75, 3.05) is 0 Å². The number of benzene rings is 3. The molecule has 5 aromatic rings. The number of Topliss-reactive ketones (excluding diaryl/α,β-unsaturated/α-hetero) is 2. The topological polar surface area (TPSA) is 64.8 Å². The molecule has 0 radical (unpaired) electrons. The zero-order valence-corrected chi connectivity index (χ0v) is 18.5. The van der Waals surface area contributed by atoms with Gasteiger partial charge in [-0.25, -0.2) is 9.97 Å². The second-order valence-electron chi connectivity index (χ2n) is 7.92. The van der Waals surface area contributed by atoms with Crippen LogP contribution in [0.5, 0.6) is 0 Å². The van der Waals surface area contributed by atoms with Crippen LogP contribution in [0.3, 0.4) is 0 Å². The third kappa shape index (κ3) is 3.23. The van der Waals surface area contributed by atoms with Crippen molar-refractivity contribution in [1.29, 1.82) is 0 Å². The highest BCUT2D eigenvalue weighted by molar-refractivity contribution is 7.18. The molecular weight excluding hydrogens is 430 g/mol. The molecular formula is C27H17N3O2S. The lowest BCUT2D eigenvalue weighted by atomic mass is 10.0. The van der Waals surface area contributed by atoms with E-state index >= 15 is 0 Å². The van der Waals surface area contributed by atoms with E-state index in [1.54, 1.807) is 18.2 Å². The number of rotatable bonds is 3. The molecule has 0 N–H and O–H groups in total. The highest BCUT2D eigenvalue weighted by atomic mass is 32.1. The molecule has 6 heteroatoms. The maximum absolute atomic E-state index is 13.0. The lowest BCUT2D eigenvalue weighted by molar-refractivity contribution is 0.0990. The largest absolute Gasteiger partial charge is 0.312 e. The summed E-state index contributed by atoms with van der Waals surface area (Å²) in [4.78, 5) is 36.1. The van der Waals surface area contributed by atoms with Crippen LogP contribution in [0.15, 0.2) is 72.3 Å². The Bertz CT molecular complexity index is 1600. The van der Waals surface area contributed by atoms with Crippen molar-refractivity contribution in [2.45, 2.75) is 0 Å². The van der Waals surface area contributed by atoms with E-state index in [-0.39, 0.29) is 17.1 Å². The molecule has 0 amide bonds. The summed E-state index contributed by atoms with van der Waals surface area (Å²) in [5.41, 5.74) is 2.88. The molecule has 0 atom stereocenters. The second kappa shape index (κ2) is 7.46. The van der Waals surface area contributed by atoms with Gasteiger partial charge in [0.2, 0.25) is 0 Å². The van der Waals surface area contributed by atoms with Crippen molar-refractivity contribution in [3.05, 3.63) is 99.8 Å². The first kappa shape index (κ1) is 19.5. The van der Waals surface area contributed by atoms with Crippen LogP contribution in [-0.4, -0.2) is 26.1 Å². The summed E-state index contributed by atoms with van der Waals surface area (Å²) in [5, 5.41) is 2.48. The SMILES string of the molecule is Cn1c(/C=C/c2ccccc2)nc2sc(C=C3C(=O)c4cc5ccccc5cc4C3=O)nc21. The number of carbonyl (C=O) groups is 2. The third-order valence-corrected chi connectivity index (χ3v) is 6.73. The molecule has 3 aromatic carbocycles. The van der Waals surface area contributed by atoms with Crippen molar-refractivity contribution < 1.29 is 9.59 Å². The molecule has 0 bridgehead atoms. The van der Waals surface area contributed by atoms with Crippen LogP contribution in [0.1, 0.15) is 37.1 Å². The number of carbonyl (C=O) groups excluding carboxylic acids is 2. The number of hydrogen-bond acceptors (Lipinski definition) is 5. The highest BCUT2D eigenvalue weighted by Crippen LogP contribution is 2.33. The maximum atomic E-state index is 13.0. The molecule has 2 aromatic heterocycles. The van der Waals surface area contributed by atoms with E-state index in [1.807, 2.05) is 78.4 Å². The van der Waals surface area contributed by atoms with Crippen LogP contribution in [0.2, 0.25) is 0 Å². The Labute approximate surface area is 193 Å². The number of aromatic nitrogens is 3. The van der Waals surface area contributed by atoms with Gasteiger partial charge in [-0.3, -0.25) is 9.59 Å². The molecule has 6 rings (SSSR count). The number of hydrogen-bond donors (Lipinski definition) is 0. The first-order chi connectivity index (χ1) is 16.1. The summed E-state index contributed by atoms with van der Waals surface area (Å²) in [6.45, 7) is 0. The fourth-order valence-electron chi connectivity index (χ4n) is 4.11. The zero-order chi connectivity index (χ0) is 22.5. The van der Waals surface area contributed by atoms with Crippen molar-refractivity contribution in [2.24, 2.45) is 7.05 Å². The summed E-state index contributed by atoms with van der Waals surface area (Å²) >= 11 is 1.37. The third-order valence-electron chi connectivity index (χ3n) is 5.84. The molecule has 0 saturated heterocycles. The number of nitrogens with zero attached hydrogens (tertiary/aromatic N) is 3. The molecule has 5 nitrogen and oxygen atoms in total. The molecule has 0 unspecified atom stereocenters. The standard InChI is InChI=1S/C27H17N3O2S/c1-30-22(12-11-16-7-3-2-4-8-16)28-27-26(30)29-23(33-27)15-21-24(31)19-13-17-9-5-6-10-18(17)14-20(19)25(21)32/h2-15H,1H3/b12-11+. The van der Waals surface area contributed by atoms with Crippen molar-refractivity contribution in [1.82, 2.24) is 14.5 Å². The van der Waals surface area contributed by atoms with Crippen molar-refractivity contribution >= 4 is 62.4 Å². The van der Waals surface area contributed by atoms with Gasteiger partial charge in [-0.15, -0.1) is 0 Å². The minimum atomic E-state index is -0.251. The summed E-state index contributed by atoms with van der Waals surface area (Å²) in [6, 6.07) is 21.4. The van der Waals surface area contributed by atoms with E-state index < -0.39 is 0 Å². The average Bonchev–Trinajstić information content (AvgIpc) is 3.44. The van der Waals surface area contributed by atoms with Gasteiger partial charge in [0.25, 0.3) is 0 Å². The van der Waals surface area contributed by atoms with Crippen LogP contribution >= 0.6 is 11.3 Å². The van der Waals surface area contributed by atoms with E-state index in [4.69, 9.17) is 0 Å². The van der Waals surface area contributed by atoms with Gasteiger partial charge in [0.05, 0.1) is 5.57 Å². The predicted octanol–water partition coefficient (Wildman–Crippen LogP) is 5.82. The number of imidazole rings is 1. The molecule has 33 heavy (non-hydrogen) atoms. The predicted molar refractivity (Wildman–Crippen MR) is 132 cm³/mol. The van der Waals surface area contributed by atoms with Crippen molar-refractivity contribution in [3.8, 4) is 0 Å². The Kier molecular flexibility index (Phi) is 4.41. The lowest BCUT2D eigenvalue weighted by Gasteiger charge is -2.00. The number of allylic oxidation sites excluding steroid dienone is 1. The monoisotopic (exact) mass is 447 g/mol. The first-order valence-electron chi connectivity index (χ1n) is 10.5. The smallest absolute Gasteiger partial charge is 0.197 e. The van der Waals surface area contributed by atoms with Crippen LogP contribution in [-0.2, 0) is 7.05 Å². The van der Waals surface area contributed by atoms with Crippen LogP contribution in [0.4, 0.5) is 0 Å². The van der Waals surface area contributed by atoms with Crippen LogP contribution in [0, 0.1) is 0 Å². The minimum Gasteiger partial charge on any atom is -0.312 e. The van der Waals surface area contributed by atoms with E-state index in [0.29, 0.717) is 16.1 Å². The molecule has 1 aliphatic carbocycles. The van der Waals surface area contributed by atoms with E-state index in [2.05, 4.69) is 9.97 Å². The van der Waals surface area contributed by atoms with Crippen LogP contribution in [0.25, 0.3) is 39.5 Å². The molecule has 2 heterocycles. The normalized spacial score (nSPS) is 13.5. The molecule has 0 saturated carbocycles. The number of ketones is 2. The van der Waals surface area contributed by atoms with Gasteiger partial charge in [-0.05, 0) is 40.6 Å². The fourth-order valence-corrected chi connectivity index (χ4v) is 5.03. The van der Waals surface area contributed by atoms with Gasteiger partial charge in [-0.1, -0.05) is 72.0 Å². The molecule has 1 aliphatic rings. The van der Waals surface area contributed by atoms with Gasteiger partial charge < -0.3 is 4.57 Å². The Balaban J connectivity index is 1.35. The number of aryl methyl sites for hydroxylation is 1. The van der Waals surface area contributed by atoms with E-state index in [1.165, 1.54) is 11.3 Å².